The number of pyridine rings is 1. The molecular formula is C11H12N2O4Zn. The Bertz CT molecular complexity index is 425. The molecule has 0 spiro atoms. The van der Waals surface area contributed by atoms with Crippen molar-refractivity contribution in [2.24, 2.45) is 0 Å². The second kappa shape index (κ2) is 7.90. The average Bonchev–Trinajstić information content (AvgIpc) is 2.23. The van der Waals surface area contributed by atoms with Crippen LogP contribution in [0.4, 0.5) is 0 Å². The topological polar surface area (TPSA) is 105 Å². The van der Waals surface area contributed by atoms with Crippen LogP contribution in [0.15, 0.2) is 18.2 Å². The Labute approximate surface area is 117 Å². The minimum absolute atomic E-state index is 0. The molecule has 0 aliphatic rings. The first-order valence-electron chi connectivity index (χ1n) is 5.05. The predicted molar refractivity (Wildman–Crippen MR) is 54.2 cm³/mol. The number of hydrogen-bond acceptors (Lipinski definition) is 6. The van der Waals surface area contributed by atoms with Gasteiger partial charge in [0.2, 0.25) is 0 Å². The summed E-state index contributed by atoms with van der Waals surface area (Å²) in [5.41, 5.74) is 1.43. The monoisotopic (exact) mass is 300 g/mol. The predicted octanol–water partition coefficient (Wildman–Crippen LogP) is -2.26. The van der Waals surface area contributed by atoms with Crippen molar-refractivity contribution in [3.05, 3.63) is 29.6 Å². The van der Waals surface area contributed by atoms with Crippen LogP contribution in [0.25, 0.3) is 0 Å². The fraction of sp³-hybridized carbons (Fsp3) is 0.364. The van der Waals surface area contributed by atoms with Gasteiger partial charge in [0.15, 0.2) is 0 Å². The Hall–Kier alpha value is -1.33. The second-order valence-electron chi connectivity index (χ2n) is 3.60. The molecule has 1 rings (SSSR count). The first kappa shape index (κ1) is 16.7. The second-order valence-corrected chi connectivity index (χ2v) is 3.60. The van der Waals surface area contributed by atoms with Crippen molar-refractivity contribution in [1.82, 2.24) is 10.3 Å². The quantitative estimate of drug-likeness (QED) is 0.594. The normalized spacial score (nSPS) is 11.4. The zero-order chi connectivity index (χ0) is 12.8. The Kier molecular flexibility index (Phi) is 7.31. The first-order valence-corrected chi connectivity index (χ1v) is 5.05. The Morgan fingerprint density at radius 2 is 2.06 bits per heavy atom. The summed E-state index contributed by atoms with van der Waals surface area (Å²) in [5.74, 6) is -2.91. The number of nitrogens with one attached hydrogen (secondary N) is 1. The van der Waals surface area contributed by atoms with Crippen LogP contribution in [0.1, 0.15) is 17.8 Å². The third-order valence-corrected chi connectivity index (χ3v) is 2.13. The van der Waals surface area contributed by atoms with Gasteiger partial charge in [-0.05, 0) is 19.1 Å². The standard InChI is InChI=1S/C11H14N2O4.Zn/c1-7-3-2-4-8(13-7)6-12-9(11(16)17)5-10(14)15;/h2-4,9,12H,5-6H2,1H3,(H,14,15)(H,16,17);/q;+2/p-2/t9-;/m0./s1. The van der Waals surface area contributed by atoms with E-state index >= 15 is 0 Å². The van der Waals surface area contributed by atoms with E-state index in [1.807, 2.05) is 0 Å². The van der Waals surface area contributed by atoms with Crippen LogP contribution in [0.2, 0.25) is 0 Å². The number of aryl methyl sites for hydroxylation is 1. The molecule has 0 radical (unpaired) electrons. The fourth-order valence-corrected chi connectivity index (χ4v) is 1.33. The third-order valence-electron chi connectivity index (χ3n) is 2.13. The smallest absolute Gasteiger partial charge is 0.550 e. The molecule has 1 aromatic heterocycles. The Morgan fingerprint density at radius 1 is 1.39 bits per heavy atom. The summed E-state index contributed by atoms with van der Waals surface area (Å²) in [6.45, 7) is 1.97. The van der Waals surface area contributed by atoms with Gasteiger partial charge in [-0.2, -0.15) is 0 Å². The van der Waals surface area contributed by atoms with Gasteiger partial charge in [0.1, 0.15) is 0 Å². The number of nitrogens with zero attached hydrogens (tertiary/aromatic N) is 1. The Balaban J connectivity index is 0.00000289. The van der Waals surface area contributed by atoms with Crippen molar-refractivity contribution in [1.29, 1.82) is 0 Å². The van der Waals surface area contributed by atoms with Crippen LogP contribution < -0.4 is 15.5 Å². The van der Waals surface area contributed by atoms with Gasteiger partial charge in [-0.1, -0.05) is 6.07 Å². The van der Waals surface area contributed by atoms with E-state index in [1.54, 1.807) is 25.1 Å². The van der Waals surface area contributed by atoms with Gasteiger partial charge in [-0.15, -0.1) is 0 Å². The molecule has 0 aromatic carbocycles. The fourth-order valence-electron chi connectivity index (χ4n) is 1.33. The molecule has 0 unspecified atom stereocenters. The van der Waals surface area contributed by atoms with E-state index in [9.17, 15) is 19.8 Å². The number of carbonyl (C=O) groups is 2. The van der Waals surface area contributed by atoms with E-state index in [0.29, 0.717) is 5.69 Å². The number of aromatic nitrogens is 1. The summed E-state index contributed by atoms with van der Waals surface area (Å²) in [5, 5.41) is 23.5. The maximum atomic E-state index is 10.6. The molecule has 0 aliphatic heterocycles. The van der Waals surface area contributed by atoms with Crippen LogP contribution in [-0.2, 0) is 35.6 Å². The van der Waals surface area contributed by atoms with Gasteiger partial charge in [-0.25, -0.2) is 0 Å². The van der Waals surface area contributed by atoms with E-state index < -0.39 is 24.4 Å². The summed E-state index contributed by atoms with van der Waals surface area (Å²) < 4.78 is 0. The number of carboxylic acid groups (broad SMARTS) is 2. The molecule has 7 heteroatoms. The molecule has 0 bridgehead atoms. The van der Waals surface area contributed by atoms with Crippen molar-refractivity contribution in [3.63, 3.8) is 0 Å². The van der Waals surface area contributed by atoms with E-state index in [-0.39, 0.29) is 26.0 Å². The van der Waals surface area contributed by atoms with Crippen LogP contribution >= 0.6 is 0 Å². The zero-order valence-electron chi connectivity index (χ0n) is 10.0. The SMILES string of the molecule is Cc1cccc(CN[C@@H](CC(=O)[O-])C(=O)[O-])n1.[Zn+2]. The molecule has 0 saturated carbocycles. The molecule has 92 valence electrons. The molecule has 0 amide bonds. The van der Waals surface area contributed by atoms with Crippen molar-refractivity contribution >= 4 is 11.9 Å². The zero-order valence-corrected chi connectivity index (χ0v) is 13.0. The van der Waals surface area contributed by atoms with E-state index in [0.717, 1.165) is 5.69 Å². The summed E-state index contributed by atoms with van der Waals surface area (Å²) in [4.78, 5) is 25.1. The average molecular weight is 302 g/mol. The maximum Gasteiger partial charge on any atom is 2.00 e. The first-order chi connectivity index (χ1) is 7.99. The number of aliphatic carboxylic acids is 2. The molecule has 1 heterocycles. The summed E-state index contributed by atoms with van der Waals surface area (Å²) in [6, 6.07) is 4.03. The summed E-state index contributed by atoms with van der Waals surface area (Å²) in [6.07, 6.45) is -0.631. The van der Waals surface area contributed by atoms with Crippen LogP contribution in [0, 0.1) is 6.92 Å². The largest absolute Gasteiger partial charge is 2.00 e. The molecule has 1 atom stereocenters. The minimum atomic E-state index is -1.47. The molecule has 0 aliphatic carbocycles. The van der Waals surface area contributed by atoms with Gasteiger partial charge >= 0.3 is 19.5 Å². The van der Waals surface area contributed by atoms with E-state index in [4.69, 9.17) is 0 Å². The van der Waals surface area contributed by atoms with Crippen molar-refractivity contribution in [3.8, 4) is 0 Å². The number of rotatable bonds is 6. The van der Waals surface area contributed by atoms with Gasteiger partial charge in [0.25, 0.3) is 0 Å². The van der Waals surface area contributed by atoms with E-state index in [1.165, 1.54) is 0 Å². The van der Waals surface area contributed by atoms with E-state index in [2.05, 4.69) is 10.3 Å². The molecule has 1 aromatic rings. The molecule has 0 fully saturated rings. The molecule has 6 nitrogen and oxygen atoms in total. The number of hydrogen-bond donors (Lipinski definition) is 1. The third kappa shape index (κ3) is 5.84. The molecule has 1 N–H and O–H groups in total. The van der Waals surface area contributed by atoms with Crippen LogP contribution in [-0.4, -0.2) is 23.0 Å². The van der Waals surface area contributed by atoms with Crippen molar-refractivity contribution < 1.29 is 39.3 Å². The van der Waals surface area contributed by atoms with Gasteiger partial charge in [0, 0.05) is 24.6 Å². The summed E-state index contributed by atoms with van der Waals surface area (Å²) >= 11 is 0. The molecule has 0 saturated heterocycles. The van der Waals surface area contributed by atoms with Crippen molar-refractivity contribution in [2.75, 3.05) is 0 Å². The van der Waals surface area contributed by atoms with Crippen LogP contribution in [0.5, 0.6) is 0 Å². The van der Waals surface area contributed by atoms with Gasteiger partial charge < -0.3 is 25.1 Å². The number of carboxylic acids is 2. The summed E-state index contributed by atoms with van der Waals surface area (Å²) in [7, 11) is 0. The maximum absolute atomic E-state index is 10.6. The molecule has 18 heavy (non-hydrogen) atoms. The van der Waals surface area contributed by atoms with Gasteiger partial charge in [-0.3, -0.25) is 4.98 Å². The van der Waals surface area contributed by atoms with Gasteiger partial charge in [0.05, 0.1) is 17.7 Å². The molecular weight excluding hydrogens is 290 g/mol. The Morgan fingerprint density at radius 3 is 2.56 bits per heavy atom. The minimum Gasteiger partial charge on any atom is -0.550 e. The van der Waals surface area contributed by atoms with Crippen LogP contribution in [0.3, 0.4) is 0 Å². The number of carbonyl (C=O) groups excluding carboxylic acids is 2. The van der Waals surface area contributed by atoms with Crippen molar-refractivity contribution in [2.45, 2.75) is 25.9 Å².